The third-order valence-corrected chi connectivity index (χ3v) is 5.62. The monoisotopic (exact) mass is 396 g/mol. The zero-order chi connectivity index (χ0) is 20.3. The number of piperidine rings is 1. The molecule has 5 heteroatoms. The maximum Gasteiger partial charge on any atom is 0.191 e. The van der Waals surface area contributed by atoms with E-state index in [1.807, 2.05) is 12.1 Å². The molecule has 0 spiro atoms. The number of nitrogens with zero attached hydrogens (tertiary/aromatic N) is 2. The van der Waals surface area contributed by atoms with Crippen LogP contribution in [-0.2, 0) is 6.42 Å². The molecule has 1 atom stereocenters. The van der Waals surface area contributed by atoms with Crippen LogP contribution in [0.2, 0.25) is 0 Å². The van der Waals surface area contributed by atoms with Crippen molar-refractivity contribution in [2.24, 2.45) is 4.99 Å². The highest BCUT2D eigenvalue weighted by molar-refractivity contribution is 5.80. The normalized spacial score (nSPS) is 17.2. The number of furan rings is 1. The number of aliphatic imine (C=N–C) groups is 1. The van der Waals surface area contributed by atoms with Crippen molar-refractivity contribution >= 4 is 5.96 Å². The number of rotatable bonds is 9. The summed E-state index contributed by atoms with van der Waals surface area (Å²) in [6.45, 7) is 8.74. The first-order valence-corrected chi connectivity index (χ1v) is 11.1. The van der Waals surface area contributed by atoms with Gasteiger partial charge in [0.05, 0.1) is 12.3 Å². The van der Waals surface area contributed by atoms with Crippen molar-refractivity contribution in [1.29, 1.82) is 0 Å². The van der Waals surface area contributed by atoms with E-state index in [0.29, 0.717) is 12.6 Å². The molecule has 1 aromatic carbocycles. The Bertz CT molecular complexity index is 706. The van der Waals surface area contributed by atoms with Crippen LogP contribution in [-0.4, -0.2) is 43.1 Å². The van der Waals surface area contributed by atoms with Crippen LogP contribution in [0.3, 0.4) is 0 Å². The van der Waals surface area contributed by atoms with Crippen LogP contribution in [0.25, 0.3) is 0 Å². The Kier molecular flexibility index (Phi) is 8.62. The van der Waals surface area contributed by atoms with Gasteiger partial charge in [-0.05, 0) is 50.4 Å². The van der Waals surface area contributed by atoms with Crippen LogP contribution >= 0.6 is 0 Å². The van der Waals surface area contributed by atoms with E-state index < -0.39 is 0 Å². The van der Waals surface area contributed by atoms with Gasteiger partial charge in [-0.3, -0.25) is 4.99 Å². The fourth-order valence-electron chi connectivity index (χ4n) is 3.77. The summed E-state index contributed by atoms with van der Waals surface area (Å²) in [5.41, 5.74) is 1.27. The third kappa shape index (κ3) is 7.24. The van der Waals surface area contributed by atoms with Crippen LogP contribution in [0.4, 0.5) is 0 Å². The van der Waals surface area contributed by atoms with E-state index in [1.165, 1.54) is 50.9 Å². The lowest BCUT2D eigenvalue weighted by molar-refractivity contribution is 0.203. The molecule has 0 radical (unpaired) electrons. The Labute approximate surface area is 175 Å². The van der Waals surface area contributed by atoms with Gasteiger partial charge in [-0.1, -0.05) is 43.7 Å². The Morgan fingerprint density at radius 3 is 2.66 bits per heavy atom. The lowest BCUT2D eigenvalue weighted by Gasteiger charge is -2.33. The molecule has 0 amide bonds. The molecule has 1 aliphatic heterocycles. The van der Waals surface area contributed by atoms with Crippen molar-refractivity contribution in [3.05, 3.63) is 60.1 Å². The SMILES string of the molecule is CCCCN1CCC(NC(=NCCc2ccco2)NC(C)c2ccccc2)CC1. The molecule has 5 nitrogen and oxygen atoms in total. The van der Waals surface area contributed by atoms with E-state index >= 15 is 0 Å². The summed E-state index contributed by atoms with van der Waals surface area (Å²) < 4.78 is 5.44. The first kappa shape index (κ1) is 21.4. The third-order valence-electron chi connectivity index (χ3n) is 5.62. The van der Waals surface area contributed by atoms with Gasteiger partial charge >= 0.3 is 0 Å². The molecule has 3 rings (SSSR count). The van der Waals surface area contributed by atoms with Crippen molar-refractivity contribution in [3.8, 4) is 0 Å². The number of hydrogen-bond donors (Lipinski definition) is 2. The molecule has 1 fully saturated rings. The maximum atomic E-state index is 5.44. The zero-order valence-corrected chi connectivity index (χ0v) is 17.9. The summed E-state index contributed by atoms with van der Waals surface area (Å²) in [5.74, 6) is 1.88. The first-order chi connectivity index (χ1) is 14.2. The van der Waals surface area contributed by atoms with Gasteiger partial charge in [0.15, 0.2) is 5.96 Å². The average Bonchev–Trinajstić information content (AvgIpc) is 3.27. The summed E-state index contributed by atoms with van der Waals surface area (Å²) in [4.78, 5) is 7.44. The number of guanidine groups is 1. The van der Waals surface area contributed by atoms with Gasteiger partial charge in [-0.25, -0.2) is 0 Å². The first-order valence-electron chi connectivity index (χ1n) is 11.1. The average molecular weight is 397 g/mol. The fourth-order valence-corrected chi connectivity index (χ4v) is 3.77. The molecule has 158 valence electrons. The number of benzene rings is 1. The van der Waals surface area contributed by atoms with Gasteiger partial charge in [-0.15, -0.1) is 0 Å². The molecule has 29 heavy (non-hydrogen) atoms. The van der Waals surface area contributed by atoms with E-state index in [4.69, 9.17) is 9.41 Å². The highest BCUT2D eigenvalue weighted by Gasteiger charge is 2.20. The molecule has 1 aliphatic rings. The molecule has 0 saturated carbocycles. The summed E-state index contributed by atoms with van der Waals surface area (Å²) in [6.07, 6.45) is 7.44. The Morgan fingerprint density at radius 1 is 1.17 bits per heavy atom. The van der Waals surface area contributed by atoms with Gasteiger partial charge in [-0.2, -0.15) is 0 Å². The smallest absolute Gasteiger partial charge is 0.191 e. The lowest BCUT2D eigenvalue weighted by atomic mass is 10.0. The molecule has 1 aromatic heterocycles. The highest BCUT2D eigenvalue weighted by atomic mass is 16.3. The molecule has 0 bridgehead atoms. The van der Waals surface area contributed by atoms with Crippen molar-refractivity contribution < 1.29 is 4.42 Å². The second-order valence-electron chi connectivity index (χ2n) is 7.95. The number of nitrogens with one attached hydrogen (secondary N) is 2. The van der Waals surface area contributed by atoms with E-state index in [0.717, 1.165) is 18.1 Å². The molecule has 1 unspecified atom stereocenters. The van der Waals surface area contributed by atoms with Crippen molar-refractivity contribution in [1.82, 2.24) is 15.5 Å². The number of hydrogen-bond acceptors (Lipinski definition) is 3. The number of likely N-dealkylation sites (tertiary alicyclic amines) is 1. The molecule has 2 heterocycles. The molecule has 0 aliphatic carbocycles. The fraction of sp³-hybridized carbons (Fsp3) is 0.542. The standard InChI is InChI=1S/C24H36N4O/c1-3-4-16-28-17-13-22(14-18-28)27-24(25-15-12-23-11-8-19-29-23)26-20(2)21-9-6-5-7-10-21/h5-11,19-20,22H,3-4,12-18H2,1-2H3,(H2,25,26,27). The number of unbranched alkanes of at least 4 members (excludes halogenated alkanes) is 1. The van der Waals surface area contributed by atoms with Crippen molar-refractivity contribution in [2.45, 2.75) is 58.0 Å². The van der Waals surface area contributed by atoms with E-state index in [9.17, 15) is 0 Å². The Balaban J connectivity index is 1.56. The summed E-state index contributed by atoms with van der Waals surface area (Å²) >= 11 is 0. The highest BCUT2D eigenvalue weighted by Crippen LogP contribution is 2.13. The predicted octanol–water partition coefficient (Wildman–Crippen LogP) is 4.38. The summed E-state index contributed by atoms with van der Waals surface area (Å²) in [7, 11) is 0. The lowest BCUT2D eigenvalue weighted by Crippen LogP contribution is -2.49. The van der Waals surface area contributed by atoms with Crippen LogP contribution < -0.4 is 10.6 Å². The van der Waals surface area contributed by atoms with Crippen molar-refractivity contribution in [3.63, 3.8) is 0 Å². The minimum absolute atomic E-state index is 0.204. The van der Waals surface area contributed by atoms with Crippen LogP contribution in [0, 0.1) is 0 Å². The molecule has 2 aromatic rings. The maximum absolute atomic E-state index is 5.44. The molecule has 1 saturated heterocycles. The minimum atomic E-state index is 0.204. The van der Waals surface area contributed by atoms with Gasteiger partial charge < -0.3 is 20.0 Å². The molecular formula is C24H36N4O. The molecular weight excluding hydrogens is 360 g/mol. The topological polar surface area (TPSA) is 52.8 Å². The van der Waals surface area contributed by atoms with Crippen molar-refractivity contribution in [2.75, 3.05) is 26.2 Å². The van der Waals surface area contributed by atoms with Crippen LogP contribution in [0.5, 0.6) is 0 Å². The Morgan fingerprint density at radius 2 is 1.97 bits per heavy atom. The minimum Gasteiger partial charge on any atom is -0.469 e. The van der Waals surface area contributed by atoms with Gasteiger partial charge in [0.1, 0.15) is 5.76 Å². The van der Waals surface area contributed by atoms with Gasteiger partial charge in [0.2, 0.25) is 0 Å². The van der Waals surface area contributed by atoms with E-state index in [2.05, 4.69) is 59.7 Å². The van der Waals surface area contributed by atoms with Crippen LogP contribution in [0.15, 0.2) is 58.1 Å². The van der Waals surface area contributed by atoms with E-state index in [1.54, 1.807) is 6.26 Å². The van der Waals surface area contributed by atoms with Crippen LogP contribution in [0.1, 0.15) is 56.9 Å². The van der Waals surface area contributed by atoms with Gasteiger partial charge in [0, 0.05) is 32.1 Å². The molecule has 2 N–H and O–H groups in total. The predicted molar refractivity (Wildman–Crippen MR) is 120 cm³/mol. The zero-order valence-electron chi connectivity index (χ0n) is 17.9. The largest absolute Gasteiger partial charge is 0.469 e. The second-order valence-corrected chi connectivity index (χ2v) is 7.95. The summed E-state index contributed by atoms with van der Waals surface area (Å²) in [6, 6.07) is 15.2. The second kappa shape index (κ2) is 11.7. The van der Waals surface area contributed by atoms with E-state index in [-0.39, 0.29) is 6.04 Å². The Hall–Kier alpha value is -2.27. The quantitative estimate of drug-likeness (QED) is 0.488. The summed E-state index contributed by atoms with van der Waals surface area (Å²) in [5, 5.41) is 7.30. The van der Waals surface area contributed by atoms with Gasteiger partial charge in [0.25, 0.3) is 0 Å².